The van der Waals surface area contributed by atoms with Gasteiger partial charge in [0, 0.05) is 58.4 Å². The van der Waals surface area contributed by atoms with Crippen LogP contribution in [0.3, 0.4) is 0 Å². The van der Waals surface area contributed by atoms with Gasteiger partial charge in [-0.25, -0.2) is 0 Å². The molecule has 104 valence electrons. The molecule has 1 atom stereocenters. The summed E-state index contributed by atoms with van der Waals surface area (Å²) < 4.78 is 0. The first kappa shape index (κ1) is 13.8. The van der Waals surface area contributed by atoms with E-state index in [-0.39, 0.29) is 0 Å². The zero-order chi connectivity index (χ0) is 13.0. The van der Waals surface area contributed by atoms with Gasteiger partial charge >= 0.3 is 0 Å². The van der Waals surface area contributed by atoms with Gasteiger partial charge in [0.15, 0.2) is 0 Å². The van der Waals surface area contributed by atoms with Gasteiger partial charge in [-0.2, -0.15) is 0 Å². The third-order valence-corrected chi connectivity index (χ3v) is 3.97. The lowest BCUT2D eigenvalue weighted by atomic mass is 10.2. The quantitative estimate of drug-likeness (QED) is 0.681. The monoisotopic (exact) mass is 254 g/mol. The van der Waals surface area contributed by atoms with Crippen molar-refractivity contribution in [2.45, 2.75) is 19.9 Å². The molecular weight excluding hydrogens is 228 g/mol. The summed E-state index contributed by atoms with van der Waals surface area (Å²) >= 11 is 0. The maximum atomic E-state index is 12.0. The Morgan fingerprint density at radius 2 is 1.72 bits per heavy atom. The molecule has 0 radical (unpaired) electrons. The molecule has 1 unspecified atom stereocenters. The van der Waals surface area contributed by atoms with Crippen LogP contribution in [0.4, 0.5) is 0 Å². The van der Waals surface area contributed by atoms with Crippen molar-refractivity contribution in [2.24, 2.45) is 0 Å². The van der Waals surface area contributed by atoms with E-state index in [0.29, 0.717) is 18.5 Å². The molecule has 3 aliphatic rings. The third kappa shape index (κ3) is 3.67. The van der Waals surface area contributed by atoms with Gasteiger partial charge in [0.05, 0.1) is 6.54 Å². The Hall–Kier alpha value is -0.650. The average molecular weight is 254 g/mol. The Bertz CT molecular complexity index is 280. The minimum absolute atomic E-state index is 0.297. The van der Waals surface area contributed by atoms with Crippen LogP contribution in [0.15, 0.2) is 0 Å². The number of hydrogen-bond acceptors (Lipinski definition) is 4. The van der Waals surface area contributed by atoms with Crippen molar-refractivity contribution in [3.8, 4) is 0 Å². The molecular formula is C13H26N4O. The molecule has 0 aliphatic carbocycles. The number of carbonyl (C=O) groups is 1. The molecule has 5 heteroatoms. The number of fused-ring (bicyclic) bond motifs is 9. The molecule has 3 heterocycles. The highest BCUT2D eigenvalue weighted by atomic mass is 16.2. The average Bonchev–Trinajstić information content (AvgIpc) is 2.31. The van der Waals surface area contributed by atoms with E-state index < -0.39 is 0 Å². The van der Waals surface area contributed by atoms with Crippen molar-refractivity contribution >= 4 is 5.91 Å². The van der Waals surface area contributed by atoms with Crippen molar-refractivity contribution in [3.05, 3.63) is 0 Å². The molecule has 1 amide bonds. The molecule has 3 fully saturated rings. The Morgan fingerprint density at radius 3 is 2.44 bits per heavy atom. The molecule has 5 nitrogen and oxygen atoms in total. The first-order chi connectivity index (χ1) is 8.66. The molecule has 0 aromatic carbocycles. The second kappa shape index (κ2) is 6.50. The first-order valence-electron chi connectivity index (χ1n) is 7.11. The molecule has 0 spiro atoms. The fourth-order valence-corrected chi connectivity index (χ4v) is 2.65. The smallest absolute Gasteiger partial charge is 0.236 e. The summed E-state index contributed by atoms with van der Waals surface area (Å²) in [7, 11) is 0. The highest BCUT2D eigenvalue weighted by Gasteiger charge is 2.24. The number of amides is 1. The molecule has 0 aromatic rings. The van der Waals surface area contributed by atoms with E-state index in [2.05, 4.69) is 29.0 Å². The molecule has 3 saturated heterocycles. The molecule has 0 aromatic heterocycles. The highest BCUT2D eigenvalue weighted by molar-refractivity contribution is 5.79. The maximum absolute atomic E-state index is 12.0. The fraction of sp³-hybridized carbons (Fsp3) is 0.923. The minimum atomic E-state index is 0.297. The Balaban J connectivity index is 1.96. The summed E-state index contributed by atoms with van der Waals surface area (Å²) in [5.41, 5.74) is 0. The second-order valence-electron chi connectivity index (χ2n) is 5.54. The summed E-state index contributed by atoms with van der Waals surface area (Å²) in [6, 6.07) is 0.547. The van der Waals surface area contributed by atoms with Crippen LogP contribution in [-0.2, 0) is 4.79 Å². The predicted octanol–water partition coefficient (Wildman–Crippen LogP) is -0.556. The zero-order valence-electron chi connectivity index (χ0n) is 11.7. The molecule has 2 bridgehead atoms. The lowest BCUT2D eigenvalue weighted by molar-refractivity contribution is -0.136. The number of piperazine rings is 1. The van der Waals surface area contributed by atoms with Crippen LogP contribution in [0, 0.1) is 0 Å². The van der Waals surface area contributed by atoms with E-state index in [1.54, 1.807) is 0 Å². The maximum Gasteiger partial charge on any atom is 0.236 e. The lowest BCUT2D eigenvalue weighted by Gasteiger charge is -2.37. The number of carbonyl (C=O) groups excluding carboxylic acids is 1. The van der Waals surface area contributed by atoms with Crippen molar-refractivity contribution in [1.29, 1.82) is 0 Å². The van der Waals surface area contributed by atoms with Crippen LogP contribution in [0.5, 0.6) is 0 Å². The van der Waals surface area contributed by atoms with Gasteiger partial charge in [-0.05, 0) is 13.8 Å². The van der Waals surface area contributed by atoms with Crippen LogP contribution in [0.25, 0.3) is 0 Å². The van der Waals surface area contributed by atoms with Crippen molar-refractivity contribution in [2.75, 3.05) is 58.9 Å². The van der Waals surface area contributed by atoms with E-state index in [9.17, 15) is 4.79 Å². The van der Waals surface area contributed by atoms with Crippen LogP contribution in [0.2, 0.25) is 0 Å². The van der Waals surface area contributed by atoms with Crippen molar-refractivity contribution in [1.82, 2.24) is 20.0 Å². The van der Waals surface area contributed by atoms with Gasteiger partial charge in [0.25, 0.3) is 0 Å². The van der Waals surface area contributed by atoms with Gasteiger partial charge in [-0.1, -0.05) is 0 Å². The van der Waals surface area contributed by atoms with Crippen LogP contribution in [0.1, 0.15) is 13.8 Å². The van der Waals surface area contributed by atoms with Gasteiger partial charge in [-0.3, -0.25) is 14.6 Å². The lowest BCUT2D eigenvalue weighted by Crippen LogP contribution is -2.54. The zero-order valence-corrected chi connectivity index (χ0v) is 11.7. The molecule has 0 saturated carbocycles. The molecule has 18 heavy (non-hydrogen) atoms. The van der Waals surface area contributed by atoms with E-state index in [1.165, 1.54) is 0 Å². The summed E-state index contributed by atoms with van der Waals surface area (Å²) in [4.78, 5) is 18.8. The Morgan fingerprint density at radius 1 is 1.00 bits per heavy atom. The second-order valence-corrected chi connectivity index (χ2v) is 5.54. The fourth-order valence-electron chi connectivity index (χ4n) is 2.65. The van der Waals surface area contributed by atoms with E-state index in [4.69, 9.17) is 0 Å². The van der Waals surface area contributed by atoms with Crippen molar-refractivity contribution < 1.29 is 4.79 Å². The highest BCUT2D eigenvalue weighted by Crippen LogP contribution is 2.05. The van der Waals surface area contributed by atoms with Crippen LogP contribution in [-0.4, -0.2) is 85.6 Å². The molecule has 3 rings (SSSR count). The van der Waals surface area contributed by atoms with Gasteiger partial charge in [-0.15, -0.1) is 0 Å². The summed E-state index contributed by atoms with van der Waals surface area (Å²) in [5.74, 6) is 0.297. The van der Waals surface area contributed by atoms with Gasteiger partial charge in [0.2, 0.25) is 5.91 Å². The number of hydrogen-bond donors (Lipinski definition) is 1. The minimum Gasteiger partial charge on any atom is -0.339 e. The van der Waals surface area contributed by atoms with Crippen LogP contribution >= 0.6 is 0 Å². The van der Waals surface area contributed by atoms with E-state index >= 15 is 0 Å². The van der Waals surface area contributed by atoms with Gasteiger partial charge in [0.1, 0.15) is 0 Å². The number of rotatable bonds is 1. The molecule has 3 aliphatic heterocycles. The van der Waals surface area contributed by atoms with E-state index in [1.807, 2.05) is 4.90 Å². The largest absolute Gasteiger partial charge is 0.339 e. The van der Waals surface area contributed by atoms with Gasteiger partial charge < -0.3 is 10.2 Å². The normalized spacial score (nSPS) is 28.3. The standard InChI is InChI=1S/C13H26N4O/c1-12(2)16-6-4-14-3-5-15-7-8-17(10-9-16)13(18)11-15/h12,14H,3-11H2,1-2H3. The Labute approximate surface area is 110 Å². The number of nitrogens with one attached hydrogen (secondary N) is 1. The van der Waals surface area contributed by atoms with Crippen LogP contribution < -0.4 is 5.32 Å². The SMILES string of the molecule is CC(C)N1CCNCCN2CCN(CC1)C(=O)C2. The third-order valence-electron chi connectivity index (χ3n) is 3.97. The summed E-state index contributed by atoms with van der Waals surface area (Å²) in [6.45, 7) is 12.9. The summed E-state index contributed by atoms with van der Waals surface area (Å²) in [6.07, 6.45) is 0. The predicted molar refractivity (Wildman–Crippen MR) is 72.6 cm³/mol. The number of nitrogens with zero attached hydrogens (tertiary/aromatic N) is 3. The first-order valence-corrected chi connectivity index (χ1v) is 7.11. The van der Waals surface area contributed by atoms with E-state index in [0.717, 1.165) is 52.4 Å². The Kier molecular flexibility index (Phi) is 4.97. The summed E-state index contributed by atoms with van der Waals surface area (Å²) in [5, 5.41) is 3.48. The topological polar surface area (TPSA) is 38.8 Å². The molecule has 1 N–H and O–H groups in total. The van der Waals surface area contributed by atoms with Crippen molar-refractivity contribution in [3.63, 3.8) is 0 Å².